The van der Waals surface area contributed by atoms with E-state index in [1.54, 1.807) is 53.4 Å². The number of fused-ring (bicyclic) bond motifs is 1. The number of hydrogen-bond donors (Lipinski definition) is 1. The Morgan fingerprint density at radius 1 is 1.19 bits per heavy atom. The summed E-state index contributed by atoms with van der Waals surface area (Å²) in [5, 5.41) is 3.33. The molecule has 0 fully saturated rings. The van der Waals surface area contributed by atoms with Gasteiger partial charge in [0.15, 0.2) is 0 Å². The number of carbonyl (C=O) groups excluding carboxylic acids is 1. The van der Waals surface area contributed by atoms with Crippen LogP contribution in [0, 0.1) is 0 Å². The quantitative estimate of drug-likeness (QED) is 0.433. The molecule has 1 amide bonds. The van der Waals surface area contributed by atoms with Crippen molar-refractivity contribution >= 4 is 22.6 Å². The van der Waals surface area contributed by atoms with Gasteiger partial charge in [-0.05, 0) is 48.0 Å². The smallest absolute Gasteiger partial charge is 0.433 e. The molecule has 0 atom stereocenters. The highest BCUT2D eigenvalue weighted by Gasteiger charge is 2.34. The summed E-state index contributed by atoms with van der Waals surface area (Å²) in [5.74, 6) is -0.504. The average Bonchev–Trinajstić information content (AvgIpc) is 3.18. The predicted octanol–water partition coefficient (Wildman–Crippen LogP) is 5.24. The number of benzene rings is 1. The summed E-state index contributed by atoms with van der Waals surface area (Å²) in [4.78, 5) is 19.6. The van der Waals surface area contributed by atoms with Gasteiger partial charge in [-0.1, -0.05) is 12.6 Å². The summed E-state index contributed by atoms with van der Waals surface area (Å²) in [6.07, 6.45) is -0.175. The molecule has 0 saturated heterocycles. The summed E-state index contributed by atoms with van der Waals surface area (Å²) < 4.78 is 46.9. The van der Waals surface area contributed by atoms with E-state index in [4.69, 9.17) is 4.74 Å². The van der Waals surface area contributed by atoms with Gasteiger partial charge < -0.3 is 14.6 Å². The summed E-state index contributed by atoms with van der Waals surface area (Å²) in [6, 6.07) is 12.9. The number of methoxy groups -OCH3 is 1. The molecule has 4 rings (SSSR count). The second-order valence-electron chi connectivity index (χ2n) is 6.81. The van der Waals surface area contributed by atoms with E-state index in [1.807, 2.05) is 0 Å². The summed E-state index contributed by atoms with van der Waals surface area (Å²) in [6.45, 7) is 3.43. The minimum atomic E-state index is -4.63. The molecule has 3 heterocycles. The van der Waals surface area contributed by atoms with Crippen LogP contribution in [0.3, 0.4) is 0 Å². The molecule has 3 aromatic heterocycles. The van der Waals surface area contributed by atoms with Crippen molar-refractivity contribution in [3.63, 3.8) is 0 Å². The Labute approximate surface area is 181 Å². The Balaban J connectivity index is 1.90. The minimum absolute atomic E-state index is 0.145. The lowest BCUT2D eigenvalue weighted by Gasteiger charge is -2.10. The monoisotopic (exact) mass is 438 g/mol. The van der Waals surface area contributed by atoms with Gasteiger partial charge in [0.1, 0.15) is 11.3 Å². The van der Waals surface area contributed by atoms with E-state index < -0.39 is 11.9 Å². The number of carbonyl (C=O) groups is 1. The number of anilines is 1. The van der Waals surface area contributed by atoms with Gasteiger partial charge in [0.25, 0.3) is 0 Å². The fourth-order valence-electron chi connectivity index (χ4n) is 3.32. The van der Waals surface area contributed by atoms with Gasteiger partial charge in [0.05, 0.1) is 7.11 Å². The highest BCUT2D eigenvalue weighted by Crippen LogP contribution is 2.37. The predicted molar refractivity (Wildman–Crippen MR) is 115 cm³/mol. The van der Waals surface area contributed by atoms with Gasteiger partial charge in [-0.25, -0.2) is 9.97 Å². The third kappa shape index (κ3) is 4.04. The van der Waals surface area contributed by atoms with Crippen LogP contribution >= 0.6 is 0 Å². The number of pyridine rings is 2. The summed E-state index contributed by atoms with van der Waals surface area (Å²) >= 11 is 0. The molecule has 1 N–H and O–H groups in total. The molecule has 0 spiro atoms. The molecule has 162 valence electrons. The molecule has 9 heteroatoms. The van der Waals surface area contributed by atoms with Crippen LogP contribution in [0.15, 0.2) is 73.6 Å². The maximum Gasteiger partial charge on any atom is 0.433 e. The number of rotatable bonds is 5. The zero-order chi connectivity index (χ0) is 22.9. The molecule has 0 aliphatic heterocycles. The molecular formula is C23H17F3N4O2. The van der Waals surface area contributed by atoms with E-state index >= 15 is 0 Å². The number of ether oxygens (including phenoxy) is 1. The fraction of sp³-hybridized carbons (Fsp3) is 0.0870. The number of aromatic nitrogens is 3. The van der Waals surface area contributed by atoms with Gasteiger partial charge in [-0.3, -0.25) is 4.79 Å². The highest BCUT2D eigenvalue weighted by atomic mass is 19.4. The molecule has 0 aliphatic carbocycles. The Hall–Kier alpha value is -4.14. The first-order valence-electron chi connectivity index (χ1n) is 9.43. The molecule has 0 bridgehead atoms. The number of hydrogen-bond acceptors (Lipinski definition) is 4. The largest absolute Gasteiger partial charge is 0.481 e. The number of nitrogens with one attached hydrogen (secondary N) is 1. The lowest BCUT2D eigenvalue weighted by Crippen LogP contribution is -2.09. The standard InChI is InChI=1S/C23H17F3N4O2/c1-3-20(31)28-15-6-4-7-16(12-15)30-13-18(17-8-5-9-27-22(17)30)14-10-19(23(24,25)26)29-21(11-14)32-2/h3-13H,1H2,2H3,(H,28,31). The van der Waals surface area contributed by atoms with Crippen LogP contribution in [0.4, 0.5) is 18.9 Å². The number of nitrogens with zero attached hydrogens (tertiary/aromatic N) is 3. The molecule has 32 heavy (non-hydrogen) atoms. The molecule has 0 unspecified atom stereocenters. The van der Waals surface area contributed by atoms with Gasteiger partial charge in [-0.15, -0.1) is 0 Å². The second kappa shape index (κ2) is 8.18. The third-order valence-corrected chi connectivity index (χ3v) is 4.75. The number of amides is 1. The molecule has 4 aromatic rings. The van der Waals surface area contributed by atoms with Crippen molar-refractivity contribution in [2.24, 2.45) is 0 Å². The lowest BCUT2D eigenvalue weighted by molar-refractivity contribution is -0.141. The number of halogens is 3. The Bertz CT molecular complexity index is 1330. The van der Waals surface area contributed by atoms with Crippen LogP contribution in [0.2, 0.25) is 0 Å². The van der Waals surface area contributed by atoms with Gasteiger partial charge in [-0.2, -0.15) is 13.2 Å². The van der Waals surface area contributed by atoms with Crippen LogP contribution in [-0.4, -0.2) is 27.6 Å². The van der Waals surface area contributed by atoms with E-state index in [0.717, 1.165) is 12.1 Å². The highest BCUT2D eigenvalue weighted by molar-refractivity contribution is 5.99. The Morgan fingerprint density at radius 2 is 2.00 bits per heavy atom. The van der Waals surface area contributed by atoms with Crippen molar-refractivity contribution in [3.05, 3.63) is 79.3 Å². The maximum absolute atomic E-state index is 13.4. The maximum atomic E-state index is 13.4. The van der Waals surface area contributed by atoms with Crippen molar-refractivity contribution in [2.45, 2.75) is 6.18 Å². The molecule has 0 saturated carbocycles. The molecule has 6 nitrogen and oxygen atoms in total. The molecular weight excluding hydrogens is 421 g/mol. The summed E-state index contributed by atoms with van der Waals surface area (Å²) in [7, 11) is 1.26. The van der Waals surface area contributed by atoms with Gasteiger partial charge >= 0.3 is 6.18 Å². The first-order chi connectivity index (χ1) is 15.3. The van der Waals surface area contributed by atoms with Crippen LogP contribution in [0.1, 0.15) is 5.69 Å². The van der Waals surface area contributed by atoms with E-state index in [2.05, 4.69) is 21.9 Å². The van der Waals surface area contributed by atoms with Crippen molar-refractivity contribution < 1.29 is 22.7 Å². The summed E-state index contributed by atoms with van der Waals surface area (Å²) in [5.41, 5.74) is 1.51. The van der Waals surface area contributed by atoms with Crippen LogP contribution in [0.5, 0.6) is 5.88 Å². The van der Waals surface area contributed by atoms with Crippen molar-refractivity contribution in [1.29, 1.82) is 0 Å². The molecule has 0 aliphatic rings. The lowest BCUT2D eigenvalue weighted by atomic mass is 10.1. The Morgan fingerprint density at radius 3 is 2.72 bits per heavy atom. The third-order valence-electron chi connectivity index (χ3n) is 4.75. The van der Waals surface area contributed by atoms with Crippen molar-refractivity contribution in [2.75, 3.05) is 12.4 Å². The van der Waals surface area contributed by atoms with E-state index in [1.165, 1.54) is 13.2 Å². The van der Waals surface area contributed by atoms with Crippen LogP contribution in [-0.2, 0) is 11.0 Å². The first-order valence-corrected chi connectivity index (χ1v) is 9.43. The molecule has 0 radical (unpaired) electrons. The fourth-order valence-corrected chi connectivity index (χ4v) is 3.32. The Kier molecular flexibility index (Phi) is 5.40. The van der Waals surface area contributed by atoms with Crippen molar-refractivity contribution in [3.8, 4) is 22.7 Å². The first kappa shape index (κ1) is 21.1. The van der Waals surface area contributed by atoms with Crippen LogP contribution < -0.4 is 10.1 Å². The zero-order valence-electron chi connectivity index (χ0n) is 16.8. The topological polar surface area (TPSA) is 69.0 Å². The zero-order valence-corrected chi connectivity index (χ0v) is 16.8. The van der Waals surface area contributed by atoms with E-state index in [0.29, 0.717) is 28.0 Å². The SMILES string of the molecule is C=CC(=O)Nc1cccc(-n2cc(-c3cc(OC)nc(C(F)(F)F)c3)c3cccnc32)c1. The number of alkyl halides is 3. The average molecular weight is 438 g/mol. The molecule has 1 aromatic carbocycles. The van der Waals surface area contributed by atoms with Crippen LogP contribution in [0.25, 0.3) is 27.8 Å². The van der Waals surface area contributed by atoms with Gasteiger partial charge in [0, 0.05) is 40.8 Å². The van der Waals surface area contributed by atoms with Gasteiger partial charge in [0.2, 0.25) is 11.8 Å². The van der Waals surface area contributed by atoms with E-state index in [9.17, 15) is 18.0 Å². The van der Waals surface area contributed by atoms with Crippen molar-refractivity contribution in [1.82, 2.24) is 14.5 Å². The van der Waals surface area contributed by atoms with E-state index in [-0.39, 0.29) is 17.4 Å². The second-order valence-corrected chi connectivity index (χ2v) is 6.81. The normalized spacial score (nSPS) is 11.4. The minimum Gasteiger partial charge on any atom is -0.481 e.